The van der Waals surface area contributed by atoms with E-state index in [-0.39, 0.29) is 24.3 Å². The van der Waals surface area contributed by atoms with Crippen LogP contribution in [0.25, 0.3) is 16.2 Å². The molecule has 30 heavy (non-hydrogen) atoms. The fraction of sp³-hybridized carbons (Fsp3) is 0.381. The summed E-state index contributed by atoms with van der Waals surface area (Å²) in [5.74, 6) is -2.11. The third-order valence-electron chi connectivity index (χ3n) is 5.14. The van der Waals surface area contributed by atoms with Crippen LogP contribution in [0.2, 0.25) is 10.0 Å². The van der Waals surface area contributed by atoms with Crippen molar-refractivity contribution in [2.75, 3.05) is 13.1 Å². The summed E-state index contributed by atoms with van der Waals surface area (Å²) < 4.78 is 0.923. The first-order valence-corrected chi connectivity index (χ1v) is 11.2. The number of thiophene rings is 1. The molecule has 3 rings (SSSR count). The number of hydrogen-bond donors (Lipinski definition) is 2. The van der Waals surface area contributed by atoms with Crippen LogP contribution in [0.1, 0.15) is 31.7 Å². The first-order valence-electron chi connectivity index (χ1n) is 9.60. The third kappa shape index (κ3) is 5.33. The molecule has 6 nitrogen and oxygen atoms in total. The van der Waals surface area contributed by atoms with Gasteiger partial charge in [0.05, 0.1) is 20.7 Å². The SMILES string of the molecule is C[C@@H](CC(=O)NC1CCN(C(=O)C=Cc2cc3ccsc3c(Cl)c2Cl)CC1)C(=O)O. The Kier molecular flexibility index (Phi) is 7.39. The van der Waals surface area contributed by atoms with Gasteiger partial charge in [0.1, 0.15) is 0 Å². The molecule has 2 aromatic rings. The number of nitrogens with zero attached hydrogens (tertiary/aromatic N) is 1. The van der Waals surface area contributed by atoms with Gasteiger partial charge in [-0.3, -0.25) is 14.4 Å². The largest absolute Gasteiger partial charge is 0.481 e. The number of halogens is 2. The van der Waals surface area contributed by atoms with Crippen LogP contribution in [0.4, 0.5) is 0 Å². The number of piperidine rings is 1. The summed E-state index contributed by atoms with van der Waals surface area (Å²) in [5, 5.41) is 15.6. The molecule has 1 atom stereocenters. The minimum Gasteiger partial charge on any atom is -0.481 e. The van der Waals surface area contributed by atoms with Crippen molar-refractivity contribution in [3.05, 3.63) is 39.2 Å². The summed E-state index contributed by atoms with van der Waals surface area (Å²) in [6.07, 6.45) is 4.37. The summed E-state index contributed by atoms with van der Waals surface area (Å²) in [4.78, 5) is 37.1. The van der Waals surface area contributed by atoms with Gasteiger partial charge in [0, 0.05) is 31.6 Å². The second-order valence-corrected chi connectivity index (χ2v) is 9.05. The van der Waals surface area contributed by atoms with Gasteiger partial charge >= 0.3 is 5.97 Å². The summed E-state index contributed by atoms with van der Waals surface area (Å²) in [6.45, 7) is 2.53. The number of benzene rings is 1. The summed E-state index contributed by atoms with van der Waals surface area (Å²) in [6, 6.07) is 3.81. The van der Waals surface area contributed by atoms with E-state index in [1.165, 1.54) is 24.3 Å². The number of carbonyl (C=O) groups excluding carboxylic acids is 2. The van der Waals surface area contributed by atoms with Crippen LogP contribution in [0.15, 0.2) is 23.6 Å². The highest BCUT2D eigenvalue weighted by atomic mass is 35.5. The molecular formula is C21H22Cl2N2O4S. The van der Waals surface area contributed by atoms with Crippen molar-refractivity contribution in [3.63, 3.8) is 0 Å². The Morgan fingerprint density at radius 1 is 1.30 bits per heavy atom. The second-order valence-electron chi connectivity index (χ2n) is 7.38. The molecular weight excluding hydrogens is 447 g/mol. The Morgan fingerprint density at radius 2 is 2.00 bits per heavy atom. The molecule has 1 fully saturated rings. The molecule has 1 aliphatic heterocycles. The standard InChI is InChI=1S/C21H22Cl2N2O4S/c1-12(21(28)29)10-16(26)24-15-4-7-25(8-5-15)17(27)3-2-13-11-14-6-9-30-20(14)19(23)18(13)22/h2-3,6,9,11-12,15H,4-5,7-8,10H2,1H3,(H,24,26)(H,28,29)/t12-/m0/s1. The van der Waals surface area contributed by atoms with Crippen LogP contribution >= 0.6 is 34.5 Å². The van der Waals surface area contributed by atoms with Crippen molar-refractivity contribution in [1.29, 1.82) is 0 Å². The van der Waals surface area contributed by atoms with Crippen molar-refractivity contribution in [3.8, 4) is 0 Å². The van der Waals surface area contributed by atoms with E-state index in [2.05, 4.69) is 5.32 Å². The zero-order chi connectivity index (χ0) is 21.8. The van der Waals surface area contributed by atoms with Gasteiger partial charge in [-0.1, -0.05) is 30.1 Å². The Labute approximate surface area is 188 Å². The molecule has 0 saturated carbocycles. The van der Waals surface area contributed by atoms with Crippen LogP contribution in [0.3, 0.4) is 0 Å². The molecule has 1 saturated heterocycles. The summed E-state index contributed by atoms with van der Waals surface area (Å²) >= 11 is 14.2. The van der Waals surface area contributed by atoms with Crippen molar-refractivity contribution >= 4 is 68.5 Å². The van der Waals surface area contributed by atoms with E-state index < -0.39 is 11.9 Å². The molecule has 2 N–H and O–H groups in total. The first kappa shape index (κ1) is 22.6. The number of amides is 2. The lowest BCUT2D eigenvalue weighted by atomic mass is 10.0. The van der Waals surface area contributed by atoms with Gasteiger partial charge in [0.25, 0.3) is 0 Å². The molecule has 0 spiro atoms. The lowest BCUT2D eigenvalue weighted by Crippen LogP contribution is -2.46. The number of aliphatic carboxylic acids is 1. The monoisotopic (exact) mass is 468 g/mol. The second kappa shape index (κ2) is 9.81. The molecule has 1 aromatic heterocycles. The van der Waals surface area contributed by atoms with Gasteiger partial charge in [-0.15, -0.1) is 11.3 Å². The van der Waals surface area contributed by atoms with Gasteiger partial charge < -0.3 is 15.3 Å². The topological polar surface area (TPSA) is 86.7 Å². The maximum absolute atomic E-state index is 12.5. The highest BCUT2D eigenvalue weighted by molar-refractivity contribution is 7.18. The number of fused-ring (bicyclic) bond motifs is 1. The van der Waals surface area contributed by atoms with Gasteiger partial charge in [-0.25, -0.2) is 0 Å². The number of carboxylic acid groups (broad SMARTS) is 1. The van der Waals surface area contributed by atoms with E-state index in [9.17, 15) is 14.4 Å². The van der Waals surface area contributed by atoms with Crippen LogP contribution in [0, 0.1) is 5.92 Å². The average Bonchev–Trinajstić information content (AvgIpc) is 3.18. The van der Waals surface area contributed by atoms with E-state index in [1.807, 2.05) is 17.5 Å². The number of rotatable bonds is 6. The molecule has 160 valence electrons. The maximum atomic E-state index is 12.5. The fourth-order valence-electron chi connectivity index (χ4n) is 3.35. The minimum atomic E-state index is -0.989. The Balaban J connectivity index is 1.54. The molecule has 0 radical (unpaired) electrons. The molecule has 0 bridgehead atoms. The predicted molar refractivity (Wildman–Crippen MR) is 120 cm³/mol. The van der Waals surface area contributed by atoms with Crippen LogP contribution in [-0.2, 0) is 14.4 Å². The van der Waals surface area contributed by atoms with E-state index in [0.717, 1.165) is 10.1 Å². The number of hydrogen-bond acceptors (Lipinski definition) is 4. The van der Waals surface area contributed by atoms with E-state index in [0.29, 0.717) is 41.5 Å². The van der Waals surface area contributed by atoms with Gasteiger partial charge in [0.2, 0.25) is 11.8 Å². The van der Waals surface area contributed by atoms with E-state index in [1.54, 1.807) is 11.0 Å². The maximum Gasteiger partial charge on any atom is 0.306 e. The highest BCUT2D eigenvalue weighted by Gasteiger charge is 2.24. The van der Waals surface area contributed by atoms with Gasteiger partial charge in [0.15, 0.2) is 0 Å². The smallest absolute Gasteiger partial charge is 0.306 e. The molecule has 0 unspecified atom stereocenters. The van der Waals surface area contributed by atoms with E-state index in [4.69, 9.17) is 28.3 Å². The number of nitrogens with one attached hydrogen (secondary N) is 1. The number of carboxylic acids is 1. The predicted octanol–water partition coefficient (Wildman–Crippen LogP) is 4.44. The fourth-order valence-corrected chi connectivity index (χ4v) is 4.79. The number of likely N-dealkylation sites (tertiary alicyclic amines) is 1. The summed E-state index contributed by atoms with van der Waals surface area (Å²) in [5.41, 5.74) is 0.690. The van der Waals surface area contributed by atoms with Gasteiger partial charge in [-0.05, 0) is 47.4 Å². The van der Waals surface area contributed by atoms with Crippen molar-refractivity contribution < 1.29 is 19.5 Å². The Morgan fingerprint density at radius 3 is 2.67 bits per heavy atom. The third-order valence-corrected chi connectivity index (χ3v) is 7.08. The zero-order valence-corrected chi connectivity index (χ0v) is 18.7. The highest BCUT2D eigenvalue weighted by Crippen LogP contribution is 2.37. The normalized spacial score (nSPS) is 16.2. The molecule has 1 aromatic carbocycles. The lowest BCUT2D eigenvalue weighted by Gasteiger charge is -2.32. The number of carbonyl (C=O) groups is 3. The van der Waals surface area contributed by atoms with Crippen LogP contribution in [0.5, 0.6) is 0 Å². The van der Waals surface area contributed by atoms with Crippen molar-refractivity contribution in [2.24, 2.45) is 5.92 Å². The van der Waals surface area contributed by atoms with Crippen molar-refractivity contribution in [2.45, 2.75) is 32.2 Å². The quantitative estimate of drug-likeness (QED) is 0.613. The molecule has 9 heteroatoms. The molecule has 2 heterocycles. The Bertz CT molecular complexity index is 996. The first-order chi connectivity index (χ1) is 14.3. The lowest BCUT2D eigenvalue weighted by molar-refractivity contribution is -0.143. The van der Waals surface area contributed by atoms with Crippen molar-refractivity contribution in [1.82, 2.24) is 10.2 Å². The van der Waals surface area contributed by atoms with Crippen LogP contribution in [-0.4, -0.2) is 46.9 Å². The Hall–Kier alpha value is -2.09. The molecule has 2 amide bonds. The molecule has 1 aliphatic rings. The minimum absolute atomic E-state index is 0.0466. The molecule has 0 aliphatic carbocycles. The zero-order valence-electron chi connectivity index (χ0n) is 16.4. The van der Waals surface area contributed by atoms with Crippen LogP contribution < -0.4 is 5.32 Å². The van der Waals surface area contributed by atoms with Gasteiger partial charge in [-0.2, -0.15) is 0 Å². The van der Waals surface area contributed by atoms with E-state index >= 15 is 0 Å². The summed E-state index contributed by atoms with van der Waals surface area (Å²) in [7, 11) is 0. The average molecular weight is 469 g/mol.